The van der Waals surface area contributed by atoms with Crippen LogP contribution in [0.15, 0.2) is 18.5 Å². The summed E-state index contributed by atoms with van der Waals surface area (Å²) < 4.78 is 0. The molecule has 3 nitrogen and oxygen atoms in total. The van der Waals surface area contributed by atoms with Crippen molar-refractivity contribution in [2.75, 3.05) is 0 Å². The average molecular weight is 194 g/mol. The second-order valence-electron chi connectivity index (χ2n) is 4.79. The van der Waals surface area contributed by atoms with Gasteiger partial charge in [0.1, 0.15) is 0 Å². The predicted octanol–water partition coefficient (Wildman–Crippen LogP) is 2.34. The van der Waals surface area contributed by atoms with Crippen molar-refractivity contribution in [1.82, 2.24) is 10.2 Å². The van der Waals surface area contributed by atoms with Crippen LogP contribution in [0.1, 0.15) is 45.3 Å². The maximum absolute atomic E-state index is 9.82. The van der Waals surface area contributed by atoms with E-state index in [2.05, 4.69) is 31.0 Å². The van der Waals surface area contributed by atoms with Gasteiger partial charge >= 0.3 is 0 Å². The number of aliphatic hydroxyl groups is 1. The molecule has 3 heteroatoms. The topological polar surface area (TPSA) is 46.0 Å². The lowest BCUT2D eigenvalue weighted by Crippen LogP contribution is -2.08. The van der Waals surface area contributed by atoms with Gasteiger partial charge in [-0.1, -0.05) is 20.8 Å². The highest BCUT2D eigenvalue weighted by Gasteiger charge is 2.14. The van der Waals surface area contributed by atoms with Crippen molar-refractivity contribution < 1.29 is 5.11 Å². The lowest BCUT2D eigenvalue weighted by Gasteiger charge is -2.20. The van der Waals surface area contributed by atoms with Gasteiger partial charge in [0, 0.05) is 11.8 Å². The molecule has 0 aliphatic heterocycles. The molecule has 0 aliphatic carbocycles. The first-order valence-corrected chi connectivity index (χ1v) is 4.94. The van der Waals surface area contributed by atoms with Crippen molar-refractivity contribution in [1.29, 1.82) is 0 Å². The Morgan fingerprint density at radius 2 is 2.07 bits per heavy atom. The fraction of sp³-hybridized carbons (Fsp3) is 0.636. The Hall–Kier alpha value is -0.960. The zero-order valence-electron chi connectivity index (χ0n) is 9.07. The summed E-state index contributed by atoms with van der Waals surface area (Å²) in [4.78, 5) is 0. The average Bonchev–Trinajstić information content (AvgIpc) is 2.14. The minimum absolute atomic E-state index is 0.265. The second-order valence-corrected chi connectivity index (χ2v) is 4.79. The predicted molar refractivity (Wildman–Crippen MR) is 55.7 cm³/mol. The third-order valence-corrected chi connectivity index (χ3v) is 2.16. The number of aliphatic hydroxyl groups excluding tert-OH is 1. The molecule has 0 radical (unpaired) electrons. The van der Waals surface area contributed by atoms with E-state index in [0.29, 0.717) is 0 Å². The molecule has 14 heavy (non-hydrogen) atoms. The molecule has 0 aliphatic rings. The first-order chi connectivity index (χ1) is 6.49. The number of nitrogens with zero attached hydrogens (tertiary/aromatic N) is 2. The van der Waals surface area contributed by atoms with Crippen molar-refractivity contribution in [3.05, 3.63) is 24.0 Å². The van der Waals surface area contributed by atoms with Gasteiger partial charge < -0.3 is 5.11 Å². The van der Waals surface area contributed by atoms with Crippen LogP contribution in [-0.4, -0.2) is 15.3 Å². The van der Waals surface area contributed by atoms with Crippen LogP contribution in [0.3, 0.4) is 0 Å². The van der Waals surface area contributed by atoms with Crippen LogP contribution in [-0.2, 0) is 0 Å². The molecule has 0 aromatic carbocycles. The molecule has 1 atom stereocenters. The largest absolute Gasteiger partial charge is 0.388 e. The molecular formula is C11H18N2O. The van der Waals surface area contributed by atoms with Crippen LogP contribution in [0, 0.1) is 5.41 Å². The van der Waals surface area contributed by atoms with E-state index in [4.69, 9.17) is 0 Å². The number of hydrogen-bond acceptors (Lipinski definition) is 3. The van der Waals surface area contributed by atoms with Crippen LogP contribution in [0.25, 0.3) is 0 Å². The van der Waals surface area contributed by atoms with E-state index in [0.717, 1.165) is 18.4 Å². The standard InChI is InChI=1S/C11H18N2O/c1-11(2,3)6-4-10(14)9-5-7-12-13-8-9/h5,7-8,10,14H,4,6H2,1-3H3. The van der Waals surface area contributed by atoms with Crippen LogP contribution < -0.4 is 0 Å². The van der Waals surface area contributed by atoms with Gasteiger partial charge in [0.2, 0.25) is 0 Å². The van der Waals surface area contributed by atoms with Gasteiger partial charge in [-0.3, -0.25) is 0 Å². The number of aromatic nitrogens is 2. The Morgan fingerprint density at radius 3 is 2.57 bits per heavy atom. The Kier molecular flexibility index (Phi) is 3.58. The molecule has 0 spiro atoms. The first-order valence-electron chi connectivity index (χ1n) is 4.94. The highest BCUT2D eigenvalue weighted by Crippen LogP contribution is 2.26. The molecule has 1 heterocycles. The number of rotatable bonds is 3. The van der Waals surface area contributed by atoms with Crippen molar-refractivity contribution in [2.24, 2.45) is 5.41 Å². The molecule has 78 valence electrons. The van der Waals surface area contributed by atoms with Gasteiger partial charge in [0.25, 0.3) is 0 Å². The van der Waals surface area contributed by atoms with Crippen LogP contribution in [0.4, 0.5) is 0 Å². The first kappa shape index (κ1) is 11.1. The summed E-state index contributed by atoms with van der Waals surface area (Å²) in [6, 6.07) is 1.81. The summed E-state index contributed by atoms with van der Waals surface area (Å²) >= 11 is 0. The smallest absolute Gasteiger partial charge is 0.0806 e. The summed E-state index contributed by atoms with van der Waals surface area (Å²) in [6.07, 6.45) is 4.58. The van der Waals surface area contributed by atoms with Crippen LogP contribution in [0.2, 0.25) is 0 Å². The lowest BCUT2D eigenvalue weighted by molar-refractivity contribution is 0.147. The minimum atomic E-state index is -0.412. The van der Waals surface area contributed by atoms with Gasteiger partial charge in [0.05, 0.1) is 12.3 Å². The van der Waals surface area contributed by atoms with Crippen molar-refractivity contribution in [3.63, 3.8) is 0 Å². The molecule has 1 N–H and O–H groups in total. The van der Waals surface area contributed by atoms with Crippen molar-refractivity contribution in [3.8, 4) is 0 Å². The van der Waals surface area contributed by atoms with Gasteiger partial charge in [-0.2, -0.15) is 10.2 Å². The molecule has 0 amide bonds. The molecule has 1 unspecified atom stereocenters. The second kappa shape index (κ2) is 4.51. The molecule has 1 rings (SSSR count). The summed E-state index contributed by atoms with van der Waals surface area (Å²) in [5, 5.41) is 17.2. The molecule has 1 aromatic heterocycles. The zero-order chi connectivity index (χ0) is 10.6. The Labute approximate surface area is 85.2 Å². The van der Waals surface area contributed by atoms with E-state index < -0.39 is 6.10 Å². The van der Waals surface area contributed by atoms with Crippen LogP contribution >= 0.6 is 0 Å². The van der Waals surface area contributed by atoms with E-state index in [1.54, 1.807) is 18.5 Å². The molecule has 0 saturated carbocycles. The fourth-order valence-electron chi connectivity index (χ4n) is 1.23. The summed E-state index contributed by atoms with van der Waals surface area (Å²) in [7, 11) is 0. The monoisotopic (exact) mass is 194 g/mol. The van der Waals surface area contributed by atoms with Gasteiger partial charge in [-0.25, -0.2) is 0 Å². The highest BCUT2D eigenvalue weighted by atomic mass is 16.3. The molecule has 1 aromatic rings. The van der Waals surface area contributed by atoms with E-state index in [9.17, 15) is 5.11 Å². The summed E-state index contributed by atoms with van der Waals surface area (Å²) in [6.45, 7) is 6.51. The maximum atomic E-state index is 9.82. The van der Waals surface area contributed by atoms with E-state index in [-0.39, 0.29) is 5.41 Å². The molecule has 0 saturated heterocycles. The fourth-order valence-corrected chi connectivity index (χ4v) is 1.23. The maximum Gasteiger partial charge on any atom is 0.0806 e. The normalized spacial score (nSPS) is 14.0. The minimum Gasteiger partial charge on any atom is -0.388 e. The van der Waals surface area contributed by atoms with Crippen molar-refractivity contribution >= 4 is 0 Å². The zero-order valence-corrected chi connectivity index (χ0v) is 9.07. The molecular weight excluding hydrogens is 176 g/mol. The Morgan fingerprint density at radius 1 is 1.36 bits per heavy atom. The van der Waals surface area contributed by atoms with E-state index in [1.807, 2.05) is 0 Å². The Bertz CT molecular complexity index is 266. The number of hydrogen-bond donors (Lipinski definition) is 1. The highest BCUT2D eigenvalue weighted by molar-refractivity contribution is 5.08. The summed E-state index contributed by atoms with van der Waals surface area (Å²) in [5.41, 5.74) is 1.12. The third-order valence-electron chi connectivity index (χ3n) is 2.16. The van der Waals surface area contributed by atoms with Gasteiger partial charge in [-0.05, 0) is 24.3 Å². The van der Waals surface area contributed by atoms with Crippen LogP contribution in [0.5, 0.6) is 0 Å². The van der Waals surface area contributed by atoms with E-state index in [1.165, 1.54) is 0 Å². The summed E-state index contributed by atoms with van der Waals surface area (Å²) in [5.74, 6) is 0. The third kappa shape index (κ3) is 3.83. The lowest BCUT2D eigenvalue weighted by atomic mass is 9.88. The molecule has 0 fully saturated rings. The van der Waals surface area contributed by atoms with E-state index >= 15 is 0 Å². The van der Waals surface area contributed by atoms with Gasteiger partial charge in [-0.15, -0.1) is 0 Å². The van der Waals surface area contributed by atoms with Gasteiger partial charge in [0.15, 0.2) is 0 Å². The quantitative estimate of drug-likeness (QED) is 0.803. The SMILES string of the molecule is CC(C)(C)CCC(O)c1ccnnc1. The molecule has 0 bridgehead atoms. The van der Waals surface area contributed by atoms with Crippen molar-refractivity contribution in [2.45, 2.75) is 39.7 Å². The Balaban J connectivity index is 2.48.